The van der Waals surface area contributed by atoms with Gasteiger partial charge in [0.2, 0.25) is 5.91 Å². The normalized spacial score (nSPS) is 10.9. The summed E-state index contributed by atoms with van der Waals surface area (Å²) in [5.74, 6) is 0.633. The number of carbonyl (C=O) groups excluding carboxylic acids is 1. The van der Waals surface area contributed by atoms with E-state index in [4.69, 9.17) is 0 Å². The lowest BCUT2D eigenvalue weighted by atomic mass is 10.1. The average molecular weight is 320 g/mol. The number of anilines is 1. The molecule has 0 spiro atoms. The molecule has 19 heavy (non-hydrogen) atoms. The molecular formula is C16H18BrNO. The number of halogens is 1. The van der Waals surface area contributed by atoms with Crippen molar-refractivity contribution in [2.24, 2.45) is 5.92 Å². The number of hydrogen-bond donors (Lipinski definition) is 1. The van der Waals surface area contributed by atoms with Crippen LogP contribution < -0.4 is 5.32 Å². The lowest BCUT2D eigenvalue weighted by molar-refractivity contribution is -0.116. The van der Waals surface area contributed by atoms with Crippen LogP contribution in [0.15, 0.2) is 40.9 Å². The molecular weight excluding hydrogens is 302 g/mol. The summed E-state index contributed by atoms with van der Waals surface area (Å²) >= 11 is 3.53. The number of carbonyl (C=O) groups is 1. The van der Waals surface area contributed by atoms with Crippen LogP contribution in [0.5, 0.6) is 0 Å². The zero-order valence-electron chi connectivity index (χ0n) is 11.2. The summed E-state index contributed by atoms with van der Waals surface area (Å²) in [6.45, 7) is 4.25. The van der Waals surface area contributed by atoms with Gasteiger partial charge in [0.05, 0.1) is 0 Å². The zero-order chi connectivity index (χ0) is 13.8. The number of rotatable bonds is 4. The van der Waals surface area contributed by atoms with E-state index >= 15 is 0 Å². The van der Waals surface area contributed by atoms with Crippen LogP contribution in [-0.2, 0) is 4.79 Å². The lowest BCUT2D eigenvalue weighted by Crippen LogP contribution is -2.12. The van der Waals surface area contributed by atoms with Gasteiger partial charge < -0.3 is 5.32 Å². The molecule has 2 nitrogen and oxygen atoms in total. The van der Waals surface area contributed by atoms with Crippen molar-refractivity contribution in [2.75, 3.05) is 5.32 Å². The first-order valence-electron chi connectivity index (χ1n) is 6.55. The van der Waals surface area contributed by atoms with Crippen molar-refractivity contribution < 1.29 is 4.79 Å². The molecule has 0 aromatic heterocycles. The second-order valence-electron chi connectivity index (χ2n) is 5.12. The van der Waals surface area contributed by atoms with Crippen LogP contribution in [0.25, 0.3) is 10.8 Å². The molecule has 0 aliphatic carbocycles. The van der Waals surface area contributed by atoms with Gasteiger partial charge in [-0.3, -0.25) is 4.79 Å². The molecule has 0 fully saturated rings. The summed E-state index contributed by atoms with van der Waals surface area (Å²) in [5.41, 5.74) is 0.882. The Labute approximate surface area is 122 Å². The summed E-state index contributed by atoms with van der Waals surface area (Å²) in [6.07, 6.45) is 1.49. The van der Waals surface area contributed by atoms with E-state index in [1.54, 1.807) is 0 Å². The second-order valence-corrected chi connectivity index (χ2v) is 5.98. The van der Waals surface area contributed by atoms with Crippen molar-refractivity contribution >= 4 is 38.3 Å². The van der Waals surface area contributed by atoms with Gasteiger partial charge in [-0.25, -0.2) is 0 Å². The third kappa shape index (κ3) is 3.57. The monoisotopic (exact) mass is 319 g/mol. The van der Waals surface area contributed by atoms with Crippen LogP contribution in [-0.4, -0.2) is 5.91 Å². The molecule has 2 rings (SSSR count). The van der Waals surface area contributed by atoms with Gasteiger partial charge in [-0.05, 0) is 29.9 Å². The Morgan fingerprint density at radius 1 is 1.16 bits per heavy atom. The highest BCUT2D eigenvalue weighted by atomic mass is 79.9. The Balaban J connectivity index is 2.21. The minimum Gasteiger partial charge on any atom is -0.326 e. The fraction of sp³-hybridized carbons (Fsp3) is 0.312. The predicted octanol–water partition coefficient (Wildman–Crippen LogP) is 4.98. The summed E-state index contributed by atoms with van der Waals surface area (Å²) in [7, 11) is 0. The van der Waals surface area contributed by atoms with Crippen LogP contribution in [0.1, 0.15) is 26.7 Å². The highest BCUT2D eigenvalue weighted by Gasteiger charge is 2.08. The van der Waals surface area contributed by atoms with Gasteiger partial charge in [-0.2, -0.15) is 0 Å². The van der Waals surface area contributed by atoms with Crippen LogP contribution in [0.3, 0.4) is 0 Å². The van der Waals surface area contributed by atoms with Gasteiger partial charge in [-0.1, -0.05) is 54.0 Å². The van der Waals surface area contributed by atoms with Crippen molar-refractivity contribution in [1.29, 1.82) is 0 Å². The van der Waals surface area contributed by atoms with Crippen molar-refractivity contribution in [3.8, 4) is 0 Å². The van der Waals surface area contributed by atoms with Gasteiger partial charge in [0.15, 0.2) is 0 Å². The second kappa shape index (κ2) is 6.20. The predicted molar refractivity (Wildman–Crippen MR) is 84.3 cm³/mol. The Kier molecular flexibility index (Phi) is 4.59. The molecule has 0 atom stereocenters. The van der Waals surface area contributed by atoms with Crippen molar-refractivity contribution in [3.05, 3.63) is 40.9 Å². The summed E-state index contributed by atoms with van der Waals surface area (Å²) < 4.78 is 1.04. The SMILES string of the molecule is CC(C)CCC(=O)Nc1ccc(Br)c2ccccc12. The minimum atomic E-state index is 0.0844. The Morgan fingerprint density at radius 2 is 1.84 bits per heavy atom. The summed E-state index contributed by atoms with van der Waals surface area (Å²) in [5, 5.41) is 5.19. The van der Waals surface area contributed by atoms with Gasteiger partial charge in [0.1, 0.15) is 0 Å². The number of hydrogen-bond acceptors (Lipinski definition) is 1. The summed E-state index contributed by atoms with van der Waals surface area (Å²) in [6, 6.07) is 12.0. The maximum atomic E-state index is 11.9. The molecule has 0 bridgehead atoms. The van der Waals surface area contributed by atoms with E-state index in [-0.39, 0.29) is 5.91 Å². The molecule has 100 valence electrons. The molecule has 0 unspecified atom stereocenters. The molecule has 0 saturated heterocycles. The van der Waals surface area contributed by atoms with E-state index < -0.39 is 0 Å². The fourth-order valence-electron chi connectivity index (χ4n) is 2.00. The lowest BCUT2D eigenvalue weighted by Gasteiger charge is -2.10. The molecule has 2 aromatic rings. The highest BCUT2D eigenvalue weighted by molar-refractivity contribution is 9.10. The number of fused-ring (bicyclic) bond motifs is 1. The number of benzene rings is 2. The largest absolute Gasteiger partial charge is 0.326 e. The first-order chi connectivity index (χ1) is 9.08. The first-order valence-corrected chi connectivity index (χ1v) is 7.34. The smallest absolute Gasteiger partial charge is 0.224 e. The molecule has 0 radical (unpaired) electrons. The van der Waals surface area contributed by atoms with Crippen molar-refractivity contribution in [3.63, 3.8) is 0 Å². The molecule has 1 N–H and O–H groups in total. The molecule has 0 heterocycles. The van der Waals surface area contributed by atoms with Gasteiger partial charge in [0, 0.05) is 22.0 Å². The maximum Gasteiger partial charge on any atom is 0.224 e. The number of amides is 1. The fourth-order valence-corrected chi connectivity index (χ4v) is 2.48. The highest BCUT2D eigenvalue weighted by Crippen LogP contribution is 2.30. The van der Waals surface area contributed by atoms with Gasteiger partial charge in [-0.15, -0.1) is 0 Å². The quantitative estimate of drug-likeness (QED) is 0.846. The Morgan fingerprint density at radius 3 is 2.53 bits per heavy atom. The zero-order valence-corrected chi connectivity index (χ0v) is 12.8. The van der Waals surface area contributed by atoms with Crippen LogP contribution in [0, 0.1) is 5.92 Å². The number of nitrogens with one attached hydrogen (secondary N) is 1. The third-order valence-corrected chi connectivity index (χ3v) is 3.79. The van der Waals surface area contributed by atoms with Crippen LogP contribution >= 0.6 is 15.9 Å². The third-order valence-electron chi connectivity index (χ3n) is 3.09. The van der Waals surface area contributed by atoms with Crippen LogP contribution in [0.2, 0.25) is 0 Å². The average Bonchev–Trinajstić information content (AvgIpc) is 2.40. The minimum absolute atomic E-state index is 0.0844. The standard InChI is InChI=1S/C16H18BrNO/c1-11(2)7-10-16(19)18-15-9-8-14(17)12-5-3-4-6-13(12)15/h3-6,8-9,11H,7,10H2,1-2H3,(H,18,19). The van der Waals surface area contributed by atoms with E-state index in [1.807, 2.05) is 36.4 Å². The van der Waals surface area contributed by atoms with E-state index in [0.29, 0.717) is 12.3 Å². The maximum absolute atomic E-state index is 11.9. The topological polar surface area (TPSA) is 29.1 Å². The van der Waals surface area contributed by atoms with Crippen molar-refractivity contribution in [1.82, 2.24) is 0 Å². The van der Waals surface area contributed by atoms with Gasteiger partial charge in [0.25, 0.3) is 0 Å². The van der Waals surface area contributed by atoms with E-state index in [0.717, 1.165) is 27.4 Å². The molecule has 0 aliphatic rings. The Hall–Kier alpha value is -1.35. The van der Waals surface area contributed by atoms with Crippen LogP contribution in [0.4, 0.5) is 5.69 Å². The molecule has 2 aromatic carbocycles. The molecule has 0 aliphatic heterocycles. The van der Waals surface area contributed by atoms with Gasteiger partial charge >= 0.3 is 0 Å². The van der Waals surface area contributed by atoms with E-state index in [9.17, 15) is 4.79 Å². The molecule has 1 amide bonds. The summed E-state index contributed by atoms with van der Waals surface area (Å²) in [4.78, 5) is 11.9. The van der Waals surface area contributed by atoms with E-state index in [1.165, 1.54) is 0 Å². The molecule has 0 saturated carbocycles. The molecule has 3 heteroatoms. The van der Waals surface area contributed by atoms with E-state index in [2.05, 4.69) is 35.1 Å². The van der Waals surface area contributed by atoms with Crippen molar-refractivity contribution in [2.45, 2.75) is 26.7 Å². The first kappa shape index (κ1) is 14.1. The Bertz CT molecular complexity index is 592.